The van der Waals surface area contributed by atoms with Crippen LogP contribution in [-0.2, 0) is 9.53 Å². The van der Waals surface area contributed by atoms with Gasteiger partial charge in [0.1, 0.15) is 5.92 Å². The molecule has 1 saturated heterocycles. The largest absolute Gasteiger partial charge is 0.493 e. The molecule has 2 atom stereocenters. The first-order valence-corrected chi connectivity index (χ1v) is 7.65. The SMILES string of the molecule is C=C1NC(=O)N[C@H](c2cc(OCC)c(OC)cc2Cl)[C@H]1C(=O)OC. The second-order valence-corrected chi connectivity index (χ2v) is 5.47. The van der Waals surface area contributed by atoms with Crippen LogP contribution in [0.25, 0.3) is 0 Å². The third-order valence-corrected chi connectivity index (χ3v) is 3.97. The maximum atomic E-state index is 12.1. The van der Waals surface area contributed by atoms with Crippen LogP contribution in [0.1, 0.15) is 18.5 Å². The monoisotopic (exact) mass is 354 g/mol. The standard InChI is InChI=1S/C16H19ClN2O5/c1-5-24-12-6-9(10(17)7-11(12)22-3)14-13(15(20)23-4)8(2)18-16(21)19-14/h6-7,13-14H,2,5H2,1,3-4H3,(H2,18,19,21)/t13-,14+/m0/s1. The summed E-state index contributed by atoms with van der Waals surface area (Å²) in [4.78, 5) is 24.0. The molecule has 130 valence electrons. The Balaban J connectivity index is 2.53. The predicted molar refractivity (Wildman–Crippen MR) is 88.2 cm³/mol. The zero-order chi connectivity index (χ0) is 17.9. The van der Waals surface area contributed by atoms with Crippen LogP contribution < -0.4 is 20.1 Å². The number of esters is 1. The highest BCUT2D eigenvalue weighted by Gasteiger charge is 2.39. The van der Waals surface area contributed by atoms with E-state index in [4.69, 9.17) is 25.8 Å². The molecule has 0 aromatic heterocycles. The van der Waals surface area contributed by atoms with Crippen molar-refractivity contribution in [2.45, 2.75) is 13.0 Å². The fourth-order valence-electron chi connectivity index (χ4n) is 2.57. The third-order valence-electron chi connectivity index (χ3n) is 3.64. The lowest BCUT2D eigenvalue weighted by Gasteiger charge is -2.33. The molecule has 1 fully saturated rings. The van der Waals surface area contributed by atoms with E-state index in [2.05, 4.69) is 17.2 Å². The van der Waals surface area contributed by atoms with Crippen molar-refractivity contribution in [1.82, 2.24) is 10.6 Å². The van der Waals surface area contributed by atoms with Crippen molar-refractivity contribution in [1.29, 1.82) is 0 Å². The summed E-state index contributed by atoms with van der Waals surface area (Å²) in [6.45, 7) is 5.99. The number of halogens is 1. The Morgan fingerprint density at radius 3 is 2.62 bits per heavy atom. The van der Waals surface area contributed by atoms with Crippen molar-refractivity contribution in [3.8, 4) is 11.5 Å². The Morgan fingerprint density at radius 2 is 2.04 bits per heavy atom. The van der Waals surface area contributed by atoms with Gasteiger partial charge in [-0.15, -0.1) is 0 Å². The lowest BCUT2D eigenvalue weighted by molar-refractivity contribution is -0.145. The van der Waals surface area contributed by atoms with E-state index in [0.717, 1.165) is 0 Å². The summed E-state index contributed by atoms with van der Waals surface area (Å²) >= 11 is 6.33. The van der Waals surface area contributed by atoms with Crippen molar-refractivity contribution >= 4 is 23.6 Å². The van der Waals surface area contributed by atoms with E-state index in [-0.39, 0.29) is 5.70 Å². The number of rotatable bonds is 5. The molecule has 24 heavy (non-hydrogen) atoms. The molecule has 1 aliphatic rings. The van der Waals surface area contributed by atoms with Gasteiger partial charge in [-0.1, -0.05) is 18.2 Å². The number of hydrogen-bond donors (Lipinski definition) is 2. The maximum Gasteiger partial charge on any atom is 0.319 e. The summed E-state index contributed by atoms with van der Waals surface area (Å²) < 4.78 is 15.6. The molecule has 2 rings (SSSR count). The molecule has 2 amide bonds. The number of hydrogen-bond acceptors (Lipinski definition) is 5. The van der Waals surface area contributed by atoms with Crippen molar-refractivity contribution in [2.24, 2.45) is 5.92 Å². The van der Waals surface area contributed by atoms with Crippen molar-refractivity contribution in [2.75, 3.05) is 20.8 Å². The summed E-state index contributed by atoms with van der Waals surface area (Å²) in [5, 5.41) is 5.49. The highest BCUT2D eigenvalue weighted by Crippen LogP contribution is 2.40. The first kappa shape index (κ1) is 17.9. The number of ether oxygens (including phenoxy) is 3. The van der Waals surface area contributed by atoms with Crippen LogP contribution in [-0.4, -0.2) is 32.8 Å². The number of carbonyl (C=O) groups is 2. The van der Waals surface area contributed by atoms with Gasteiger partial charge in [0.15, 0.2) is 11.5 Å². The average Bonchev–Trinajstić information content (AvgIpc) is 2.54. The zero-order valence-corrected chi connectivity index (χ0v) is 14.4. The molecular formula is C16H19ClN2O5. The zero-order valence-electron chi connectivity index (χ0n) is 13.6. The van der Waals surface area contributed by atoms with Gasteiger partial charge in [0, 0.05) is 16.8 Å². The first-order valence-electron chi connectivity index (χ1n) is 7.27. The van der Waals surface area contributed by atoms with Crippen LogP contribution in [0.15, 0.2) is 24.4 Å². The molecule has 0 bridgehead atoms. The van der Waals surface area contributed by atoms with Crippen LogP contribution >= 0.6 is 11.6 Å². The lowest BCUT2D eigenvalue weighted by atomic mass is 9.88. The van der Waals surface area contributed by atoms with Crippen molar-refractivity contribution in [3.05, 3.63) is 35.0 Å². The average molecular weight is 355 g/mol. The normalized spacial score (nSPS) is 20.0. The molecule has 0 saturated carbocycles. The van der Waals surface area contributed by atoms with Gasteiger partial charge in [-0.3, -0.25) is 4.79 Å². The van der Waals surface area contributed by atoms with E-state index in [1.807, 2.05) is 6.92 Å². The Morgan fingerprint density at radius 1 is 1.33 bits per heavy atom. The molecule has 8 heteroatoms. The van der Waals surface area contributed by atoms with Crippen molar-refractivity contribution < 1.29 is 23.8 Å². The summed E-state index contributed by atoms with van der Waals surface area (Å²) in [5.41, 5.74) is 0.743. The van der Waals surface area contributed by atoms with E-state index >= 15 is 0 Å². The predicted octanol–water partition coefficient (Wildman–Crippen LogP) is 2.40. The third kappa shape index (κ3) is 3.41. The van der Waals surface area contributed by atoms with Gasteiger partial charge >= 0.3 is 12.0 Å². The summed E-state index contributed by atoms with van der Waals surface area (Å²) in [7, 11) is 2.77. The number of amides is 2. The van der Waals surface area contributed by atoms with Gasteiger partial charge in [0.05, 0.1) is 26.9 Å². The molecule has 1 aliphatic heterocycles. The quantitative estimate of drug-likeness (QED) is 0.793. The molecule has 0 radical (unpaired) electrons. The number of methoxy groups -OCH3 is 2. The molecule has 2 N–H and O–H groups in total. The molecule has 1 aromatic carbocycles. The summed E-state index contributed by atoms with van der Waals surface area (Å²) in [6, 6.07) is 2.00. The van der Waals surface area contributed by atoms with Crippen LogP contribution in [0.3, 0.4) is 0 Å². The molecule has 7 nitrogen and oxygen atoms in total. The van der Waals surface area contributed by atoms with Crippen LogP contribution in [0, 0.1) is 5.92 Å². The Bertz CT molecular complexity index is 677. The minimum absolute atomic E-state index is 0.237. The van der Waals surface area contributed by atoms with E-state index in [1.54, 1.807) is 12.1 Å². The van der Waals surface area contributed by atoms with Crippen molar-refractivity contribution in [3.63, 3.8) is 0 Å². The van der Waals surface area contributed by atoms with Gasteiger partial charge in [-0.05, 0) is 18.6 Å². The number of urea groups is 1. The maximum absolute atomic E-state index is 12.1. The topological polar surface area (TPSA) is 85.9 Å². The van der Waals surface area contributed by atoms with Gasteiger partial charge < -0.3 is 24.8 Å². The first-order chi connectivity index (χ1) is 11.4. The number of benzene rings is 1. The van der Waals surface area contributed by atoms with Gasteiger partial charge in [0.25, 0.3) is 0 Å². The fraction of sp³-hybridized carbons (Fsp3) is 0.375. The Hall–Kier alpha value is -2.41. The highest BCUT2D eigenvalue weighted by molar-refractivity contribution is 6.31. The minimum atomic E-state index is -0.826. The highest BCUT2D eigenvalue weighted by atomic mass is 35.5. The smallest absolute Gasteiger partial charge is 0.319 e. The fourth-order valence-corrected chi connectivity index (χ4v) is 2.84. The van der Waals surface area contributed by atoms with Gasteiger partial charge in [-0.25, -0.2) is 4.79 Å². The second kappa shape index (κ2) is 7.44. The molecule has 0 spiro atoms. The lowest BCUT2D eigenvalue weighted by Crippen LogP contribution is -2.51. The van der Waals surface area contributed by atoms with Crippen LogP contribution in [0.2, 0.25) is 5.02 Å². The molecule has 0 unspecified atom stereocenters. The Labute approximate surface area is 144 Å². The molecule has 1 aromatic rings. The molecule has 0 aliphatic carbocycles. The van der Waals surface area contributed by atoms with Crippen LogP contribution in [0.4, 0.5) is 4.79 Å². The van der Waals surface area contributed by atoms with E-state index in [9.17, 15) is 9.59 Å². The minimum Gasteiger partial charge on any atom is -0.493 e. The van der Waals surface area contributed by atoms with E-state index < -0.39 is 24.0 Å². The summed E-state index contributed by atoms with van der Waals surface area (Å²) in [5.74, 6) is -0.448. The number of carbonyl (C=O) groups excluding carboxylic acids is 2. The molecule has 1 heterocycles. The second-order valence-electron chi connectivity index (χ2n) is 5.06. The van der Waals surface area contributed by atoms with E-state index in [0.29, 0.717) is 28.7 Å². The molecular weight excluding hydrogens is 336 g/mol. The van der Waals surface area contributed by atoms with Gasteiger partial charge in [-0.2, -0.15) is 0 Å². The Kier molecular flexibility index (Phi) is 5.56. The van der Waals surface area contributed by atoms with E-state index in [1.165, 1.54) is 14.2 Å². The summed E-state index contributed by atoms with van der Waals surface area (Å²) in [6.07, 6.45) is 0. The van der Waals surface area contributed by atoms with Gasteiger partial charge in [0.2, 0.25) is 0 Å². The number of nitrogens with one attached hydrogen (secondary N) is 2. The van der Waals surface area contributed by atoms with Crippen LogP contribution in [0.5, 0.6) is 11.5 Å².